The van der Waals surface area contributed by atoms with E-state index in [0.717, 1.165) is 6.42 Å². The fraction of sp³-hybridized carbons (Fsp3) is 0.600. The molecular formula is C10H16O2. The number of aliphatic hydroxyl groups is 2. The summed E-state index contributed by atoms with van der Waals surface area (Å²) in [5.74, 6) is 0. The minimum atomic E-state index is -0.508. The highest BCUT2D eigenvalue weighted by molar-refractivity contribution is 5.28. The summed E-state index contributed by atoms with van der Waals surface area (Å²) < 4.78 is 0. The maximum Gasteiger partial charge on any atom is 0.0579 e. The minimum absolute atomic E-state index is 0.0157. The van der Waals surface area contributed by atoms with E-state index in [2.05, 4.69) is 0 Å². The molecule has 0 atom stereocenters. The van der Waals surface area contributed by atoms with Crippen LogP contribution in [0.5, 0.6) is 0 Å². The van der Waals surface area contributed by atoms with Crippen LogP contribution in [0.4, 0.5) is 0 Å². The van der Waals surface area contributed by atoms with Gasteiger partial charge in [-0.05, 0) is 20.3 Å². The van der Waals surface area contributed by atoms with Crippen molar-refractivity contribution in [1.29, 1.82) is 0 Å². The van der Waals surface area contributed by atoms with Crippen molar-refractivity contribution >= 4 is 0 Å². The molecule has 0 aromatic rings. The molecule has 2 N–H and O–H groups in total. The molecule has 0 saturated carbocycles. The van der Waals surface area contributed by atoms with Crippen molar-refractivity contribution in [2.45, 2.75) is 20.3 Å². The molecular weight excluding hydrogens is 152 g/mol. The summed E-state index contributed by atoms with van der Waals surface area (Å²) in [5.41, 5.74) is 1.93. The number of hydrogen-bond donors (Lipinski definition) is 2. The first-order valence-electron chi connectivity index (χ1n) is 4.20. The summed E-state index contributed by atoms with van der Waals surface area (Å²) in [6.07, 6.45) is 4.88. The van der Waals surface area contributed by atoms with Gasteiger partial charge in [0.1, 0.15) is 0 Å². The monoisotopic (exact) mass is 168 g/mol. The summed E-state index contributed by atoms with van der Waals surface area (Å²) in [6.45, 7) is 4.02. The standard InChI is InChI=1S/C10H16O2/c1-8-3-9(2)5-10(4-8,6-11)7-12/h4-5,11-12H,3,6-7H2,1-2H3. The maximum atomic E-state index is 9.13. The third kappa shape index (κ3) is 1.76. The number of allylic oxidation sites excluding steroid dienone is 2. The third-order valence-electron chi connectivity index (χ3n) is 2.21. The molecule has 0 aromatic carbocycles. The molecule has 0 heterocycles. The van der Waals surface area contributed by atoms with Crippen LogP contribution in [0.2, 0.25) is 0 Å². The van der Waals surface area contributed by atoms with Crippen LogP contribution in [0.15, 0.2) is 23.3 Å². The first-order valence-corrected chi connectivity index (χ1v) is 4.20. The molecule has 68 valence electrons. The van der Waals surface area contributed by atoms with E-state index in [4.69, 9.17) is 10.2 Å². The molecule has 0 radical (unpaired) electrons. The molecule has 0 saturated heterocycles. The van der Waals surface area contributed by atoms with Gasteiger partial charge in [-0.15, -0.1) is 0 Å². The molecule has 0 fully saturated rings. The van der Waals surface area contributed by atoms with Gasteiger partial charge in [0.05, 0.1) is 18.6 Å². The van der Waals surface area contributed by atoms with E-state index >= 15 is 0 Å². The molecule has 1 aliphatic rings. The zero-order valence-electron chi connectivity index (χ0n) is 7.67. The molecule has 0 amide bonds. The van der Waals surface area contributed by atoms with Crippen molar-refractivity contribution in [2.75, 3.05) is 13.2 Å². The Balaban J connectivity index is 2.94. The largest absolute Gasteiger partial charge is 0.395 e. The van der Waals surface area contributed by atoms with E-state index in [1.54, 1.807) is 0 Å². The fourth-order valence-corrected chi connectivity index (χ4v) is 1.80. The zero-order chi connectivity index (χ0) is 9.19. The van der Waals surface area contributed by atoms with Crippen LogP contribution in [0.25, 0.3) is 0 Å². The van der Waals surface area contributed by atoms with Gasteiger partial charge in [0.2, 0.25) is 0 Å². The SMILES string of the molecule is CC1=CC(CO)(CO)C=C(C)C1. The second-order valence-corrected chi connectivity index (χ2v) is 3.71. The van der Waals surface area contributed by atoms with Gasteiger partial charge in [-0.25, -0.2) is 0 Å². The Morgan fingerprint density at radius 3 is 1.92 bits per heavy atom. The van der Waals surface area contributed by atoms with Gasteiger partial charge in [-0.2, -0.15) is 0 Å². The Morgan fingerprint density at radius 2 is 1.58 bits per heavy atom. The lowest BCUT2D eigenvalue weighted by Gasteiger charge is -2.28. The van der Waals surface area contributed by atoms with Gasteiger partial charge in [0.15, 0.2) is 0 Å². The lowest BCUT2D eigenvalue weighted by atomic mass is 9.80. The Bertz CT molecular complexity index is 202. The minimum Gasteiger partial charge on any atom is -0.395 e. The van der Waals surface area contributed by atoms with E-state index in [0.29, 0.717) is 0 Å². The van der Waals surface area contributed by atoms with Crippen LogP contribution in [-0.2, 0) is 0 Å². The van der Waals surface area contributed by atoms with Crippen LogP contribution in [0, 0.1) is 5.41 Å². The van der Waals surface area contributed by atoms with Gasteiger partial charge in [-0.3, -0.25) is 0 Å². The fourth-order valence-electron chi connectivity index (χ4n) is 1.80. The molecule has 2 heteroatoms. The second-order valence-electron chi connectivity index (χ2n) is 3.71. The van der Waals surface area contributed by atoms with Crippen molar-refractivity contribution in [3.05, 3.63) is 23.3 Å². The molecule has 1 aliphatic carbocycles. The average molecular weight is 168 g/mol. The Labute approximate surface area is 73.2 Å². The van der Waals surface area contributed by atoms with Gasteiger partial charge in [0.25, 0.3) is 0 Å². The quantitative estimate of drug-likeness (QED) is 0.609. The highest BCUT2D eigenvalue weighted by Crippen LogP contribution is 2.31. The normalized spacial score (nSPS) is 21.7. The molecule has 0 aliphatic heterocycles. The Morgan fingerprint density at radius 1 is 1.17 bits per heavy atom. The highest BCUT2D eigenvalue weighted by atomic mass is 16.3. The summed E-state index contributed by atoms with van der Waals surface area (Å²) in [7, 11) is 0. The summed E-state index contributed by atoms with van der Waals surface area (Å²) in [5, 5.41) is 18.3. The van der Waals surface area contributed by atoms with Gasteiger partial charge in [-0.1, -0.05) is 23.3 Å². The molecule has 2 nitrogen and oxygen atoms in total. The summed E-state index contributed by atoms with van der Waals surface area (Å²) in [4.78, 5) is 0. The number of hydrogen-bond acceptors (Lipinski definition) is 2. The smallest absolute Gasteiger partial charge is 0.0579 e. The van der Waals surface area contributed by atoms with Crippen molar-refractivity contribution in [1.82, 2.24) is 0 Å². The Kier molecular flexibility index (Phi) is 2.70. The number of aliphatic hydroxyl groups excluding tert-OH is 2. The predicted molar refractivity (Wildman–Crippen MR) is 48.7 cm³/mol. The van der Waals surface area contributed by atoms with Crippen molar-refractivity contribution in [3.63, 3.8) is 0 Å². The summed E-state index contributed by atoms with van der Waals surface area (Å²) >= 11 is 0. The topological polar surface area (TPSA) is 40.5 Å². The predicted octanol–water partition coefficient (Wildman–Crippen LogP) is 1.25. The van der Waals surface area contributed by atoms with Crippen LogP contribution in [0.1, 0.15) is 20.3 Å². The molecule has 0 spiro atoms. The van der Waals surface area contributed by atoms with Crippen molar-refractivity contribution in [2.24, 2.45) is 5.41 Å². The van der Waals surface area contributed by atoms with E-state index in [9.17, 15) is 0 Å². The Hall–Kier alpha value is -0.600. The molecule has 0 bridgehead atoms. The first-order chi connectivity index (χ1) is 5.62. The molecule has 1 rings (SSSR count). The van der Waals surface area contributed by atoms with E-state index in [1.165, 1.54) is 11.1 Å². The first kappa shape index (κ1) is 9.49. The average Bonchev–Trinajstić information content (AvgIpc) is 2.02. The second kappa shape index (κ2) is 3.42. The van der Waals surface area contributed by atoms with Crippen LogP contribution in [0.3, 0.4) is 0 Å². The van der Waals surface area contributed by atoms with Gasteiger partial charge in [0, 0.05) is 0 Å². The highest BCUT2D eigenvalue weighted by Gasteiger charge is 2.26. The number of rotatable bonds is 2. The lowest BCUT2D eigenvalue weighted by molar-refractivity contribution is 0.126. The third-order valence-corrected chi connectivity index (χ3v) is 2.21. The van der Waals surface area contributed by atoms with E-state index in [-0.39, 0.29) is 13.2 Å². The maximum absolute atomic E-state index is 9.13. The molecule has 0 aromatic heterocycles. The van der Waals surface area contributed by atoms with Crippen molar-refractivity contribution < 1.29 is 10.2 Å². The molecule has 12 heavy (non-hydrogen) atoms. The summed E-state index contributed by atoms with van der Waals surface area (Å²) in [6, 6.07) is 0. The van der Waals surface area contributed by atoms with Crippen molar-refractivity contribution in [3.8, 4) is 0 Å². The van der Waals surface area contributed by atoms with Gasteiger partial charge < -0.3 is 10.2 Å². The lowest BCUT2D eigenvalue weighted by Crippen LogP contribution is -2.27. The van der Waals surface area contributed by atoms with E-state index in [1.807, 2.05) is 26.0 Å². The zero-order valence-corrected chi connectivity index (χ0v) is 7.67. The van der Waals surface area contributed by atoms with Crippen LogP contribution < -0.4 is 0 Å². The van der Waals surface area contributed by atoms with Crippen LogP contribution in [-0.4, -0.2) is 23.4 Å². The van der Waals surface area contributed by atoms with Crippen LogP contribution >= 0.6 is 0 Å². The van der Waals surface area contributed by atoms with Gasteiger partial charge >= 0.3 is 0 Å². The van der Waals surface area contributed by atoms with E-state index < -0.39 is 5.41 Å². The molecule has 0 unspecified atom stereocenters.